The number of rotatable bonds is 6. The third-order valence-electron chi connectivity index (χ3n) is 2.96. The van der Waals surface area contributed by atoms with Crippen LogP contribution in [0.3, 0.4) is 0 Å². The van der Waals surface area contributed by atoms with Crippen molar-refractivity contribution in [1.82, 2.24) is 5.32 Å². The van der Waals surface area contributed by atoms with Crippen molar-refractivity contribution in [3.63, 3.8) is 0 Å². The fourth-order valence-corrected chi connectivity index (χ4v) is 1.94. The Labute approximate surface area is 124 Å². The van der Waals surface area contributed by atoms with Crippen molar-refractivity contribution in [3.8, 4) is 5.75 Å². The molecule has 1 heterocycles. The molecule has 0 atom stereocenters. The number of furan rings is 1. The van der Waals surface area contributed by atoms with E-state index < -0.39 is 0 Å². The summed E-state index contributed by atoms with van der Waals surface area (Å²) in [7, 11) is 0. The van der Waals surface area contributed by atoms with Gasteiger partial charge in [-0.3, -0.25) is 0 Å². The monoisotopic (exact) mass is 293 g/mol. The summed E-state index contributed by atoms with van der Waals surface area (Å²) in [5.41, 5.74) is 1.07. The third kappa shape index (κ3) is 4.29. The van der Waals surface area contributed by atoms with E-state index in [9.17, 15) is 0 Å². The zero-order valence-corrected chi connectivity index (χ0v) is 12.8. The Hall–Kier alpha value is -1.45. The predicted octanol–water partition coefficient (Wildman–Crippen LogP) is 4.32. The van der Waals surface area contributed by atoms with Crippen molar-refractivity contribution in [2.45, 2.75) is 40.0 Å². The first kappa shape index (κ1) is 14.9. The molecular formula is C16H20ClNO2. The van der Waals surface area contributed by atoms with Crippen LogP contribution in [0.4, 0.5) is 0 Å². The first-order valence-electron chi connectivity index (χ1n) is 6.74. The van der Waals surface area contributed by atoms with E-state index in [0.29, 0.717) is 17.7 Å². The van der Waals surface area contributed by atoms with Gasteiger partial charge < -0.3 is 14.5 Å². The molecule has 1 aromatic heterocycles. The van der Waals surface area contributed by atoms with E-state index in [-0.39, 0.29) is 0 Å². The van der Waals surface area contributed by atoms with Crippen molar-refractivity contribution in [2.75, 3.05) is 0 Å². The molecule has 0 fully saturated rings. The molecule has 0 amide bonds. The Morgan fingerprint density at radius 2 is 1.95 bits per heavy atom. The first-order chi connectivity index (χ1) is 9.54. The zero-order chi connectivity index (χ0) is 14.5. The van der Waals surface area contributed by atoms with Gasteiger partial charge in [0.15, 0.2) is 0 Å². The first-order valence-corrected chi connectivity index (χ1v) is 7.12. The summed E-state index contributed by atoms with van der Waals surface area (Å²) < 4.78 is 11.4. The maximum Gasteiger partial charge on any atom is 0.119 e. The Morgan fingerprint density at radius 1 is 1.25 bits per heavy atom. The molecule has 2 aromatic rings. The molecular weight excluding hydrogens is 274 g/mol. The smallest absolute Gasteiger partial charge is 0.119 e. The fraction of sp³-hybridized carbons (Fsp3) is 0.375. The molecule has 108 valence electrons. The molecule has 0 unspecified atom stereocenters. The molecule has 2 rings (SSSR count). The molecule has 4 heteroatoms. The second-order valence-electron chi connectivity index (χ2n) is 5.07. The molecule has 20 heavy (non-hydrogen) atoms. The maximum absolute atomic E-state index is 5.84. The van der Waals surface area contributed by atoms with Crippen molar-refractivity contribution >= 4 is 11.6 Å². The average Bonchev–Trinajstić information content (AvgIpc) is 2.76. The lowest BCUT2D eigenvalue weighted by Crippen LogP contribution is -2.21. The summed E-state index contributed by atoms with van der Waals surface area (Å²) in [4.78, 5) is 0. The van der Waals surface area contributed by atoms with Gasteiger partial charge in [0.1, 0.15) is 23.9 Å². The van der Waals surface area contributed by atoms with Crippen molar-refractivity contribution in [3.05, 3.63) is 52.4 Å². The largest absolute Gasteiger partial charge is 0.489 e. The lowest BCUT2D eigenvalue weighted by molar-refractivity contribution is 0.303. The van der Waals surface area contributed by atoms with E-state index in [1.54, 1.807) is 0 Å². The van der Waals surface area contributed by atoms with Gasteiger partial charge in [-0.25, -0.2) is 0 Å². The van der Waals surface area contributed by atoms with E-state index in [2.05, 4.69) is 19.2 Å². The number of ether oxygens (including phenoxy) is 1. The molecule has 1 aromatic carbocycles. The summed E-state index contributed by atoms with van der Waals surface area (Å²) in [6.45, 7) is 7.41. The lowest BCUT2D eigenvalue weighted by Gasteiger charge is -2.05. The van der Waals surface area contributed by atoms with Crippen LogP contribution in [0.15, 0.2) is 34.7 Å². The SMILES string of the molecule is Cc1oc(CNC(C)C)cc1COc1ccc(Cl)cc1. The number of hydrogen-bond acceptors (Lipinski definition) is 3. The minimum absolute atomic E-state index is 0.439. The Kier molecular flexibility index (Phi) is 5.10. The van der Waals surface area contributed by atoms with Gasteiger partial charge in [-0.05, 0) is 37.3 Å². The van der Waals surface area contributed by atoms with E-state index in [1.807, 2.05) is 37.3 Å². The number of hydrogen-bond donors (Lipinski definition) is 1. The highest BCUT2D eigenvalue weighted by Crippen LogP contribution is 2.20. The summed E-state index contributed by atoms with van der Waals surface area (Å²) in [6.07, 6.45) is 0. The second-order valence-corrected chi connectivity index (χ2v) is 5.51. The van der Waals surface area contributed by atoms with E-state index in [1.165, 1.54) is 0 Å². The topological polar surface area (TPSA) is 34.4 Å². The van der Waals surface area contributed by atoms with E-state index in [4.69, 9.17) is 20.8 Å². The van der Waals surface area contributed by atoms with Gasteiger partial charge in [0, 0.05) is 16.6 Å². The molecule has 0 aliphatic rings. The summed E-state index contributed by atoms with van der Waals surface area (Å²) in [6, 6.07) is 9.83. The van der Waals surface area contributed by atoms with E-state index >= 15 is 0 Å². The second kappa shape index (κ2) is 6.82. The molecule has 1 N–H and O–H groups in total. The van der Waals surface area contributed by atoms with Gasteiger partial charge in [-0.15, -0.1) is 0 Å². The van der Waals surface area contributed by atoms with Gasteiger partial charge in [-0.2, -0.15) is 0 Å². The van der Waals surface area contributed by atoms with Crippen LogP contribution in [0.1, 0.15) is 30.9 Å². The third-order valence-corrected chi connectivity index (χ3v) is 3.22. The van der Waals surface area contributed by atoms with Crippen molar-refractivity contribution in [2.24, 2.45) is 0 Å². The number of benzene rings is 1. The number of nitrogens with one attached hydrogen (secondary N) is 1. The molecule has 0 aliphatic heterocycles. The quantitative estimate of drug-likeness (QED) is 0.861. The van der Waals surface area contributed by atoms with Crippen LogP contribution in [0.2, 0.25) is 5.02 Å². The molecule has 3 nitrogen and oxygen atoms in total. The zero-order valence-electron chi connectivity index (χ0n) is 12.1. The van der Waals surface area contributed by atoms with Gasteiger partial charge in [-0.1, -0.05) is 25.4 Å². The maximum atomic E-state index is 5.84. The van der Waals surface area contributed by atoms with Crippen LogP contribution >= 0.6 is 11.6 Å². The van der Waals surface area contributed by atoms with Crippen molar-refractivity contribution < 1.29 is 9.15 Å². The minimum Gasteiger partial charge on any atom is -0.489 e. The molecule has 0 saturated carbocycles. The number of aryl methyl sites for hydroxylation is 1. The molecule has 0 aliphatic carbocycles. The fourth-order valence-electron chi connectivity index (χ4n) is 1.81. The van der Waals surface area contributed by atoms with Crippen molar-refractivity contribution in [1.29, 1.82) is 0 Å². The summed E-state index contributed by atoms with van der Waals surface area (Å²) in [5.74, 6) is 2.64. The minimum atomic E-state index is 0.439. The van der Waals surface area contributed by atoms with Gasteiger partial charge >= 0.3 is 0 Å². The van der Waals surface area contributed by atoms with Crippen LogP contribution in [-0.4, -0.2) is 6.04 Å². The van der Waals surface area contributed by atoms with Gasteiger partial charge in [0.2, 0.25) is 0 Å². The predicted molar refractivity (Wildman–Crippen MR) is 81.2 cm³/mol. The summed E-state index contributed by atoms with van der Waals surface area (Å²) in [5, 5.41) is 4.04. The highest BCUT2D eigenvalue weighted by Gasteiger charge is 2.08. The van der Waals surface area contributed by atoms with Gasteiger partial charge in [0.05, 0.1) is 6.54 Å². The highest BCUT2D eigenvalue weighted by molar-refractivity contribution is 6.30. The molecule has 0 radical (unpaired) electrons. The number of halogens is 1. The Morgan fingerprint density at radius 3 is 2.60 bits per heavy atom. The van der Waals surface area contributed by atoms with Gasteiger partial charge in [0.25, 0.3) is 0 Å². The highest BCUT2D eigenvalue weighted by atomic mass is 35.5. The van der Waals surface area contributed by atoms with Crippen LogP contribution in [0.25, 0.3) is 0 Å². The lowest BCUT2D eigenvalue weighted by atomic mass is 10.2. The Bertz CT molecular complexity index is 546. The van der Waals surface area contributed by atoms with Crippen LogP contribution in [0.5, 0.6) is 5.75 Å². The average molecular weight is 294 g/mol. The standard InChI is InChI=1S/C16H20ClNO2/c1-11(2)18-9-16-8-13(12(3)20-16)10-19-15-6-4-14(17)5-7-15/h4-8,11,18H,9-10H2,1-3H3. The normalized spacial score (nSPS) is 11.1. The van der Waals surface area contributed by atoms with E-state index in [0.717, 1.165) is 29.4 Å². The molecule has 0 saturated heterocycles. The Balaban J connectivity index is 1.94. The van der Waals surface area contributed by atoms with Crippen LogP contribution in [-0.2, 0) is 13.2 Å². The molecule has 0 bridgehead atoms. The summed E-state index contributed by atoms with van der Waals surface area (Å²) >= 11 is 5.84. The van der Waals surface area contributed by atoms with Crippen LogP contribution in [0, 0.1) is 6.92 Å². The van der Waals surface area contributed by atoms with Crippen LogP contribution < -0.4 is 10.1 Å². The molecule has 0 spiro atoms.